The Morgan fingerprint density at radius 3 is 2.48 bits per heavy atom. The first kappa shape index (κ1) is 16.9. The van der Waals surface area contributed by atoms with Crippen LogP contribution in [0.3, 0.4) is 0 Å². The third-order valence-electron chi connectivity index (χ3n) is 4.27. The summed E-state index contributed by atoms with van der Waals surface area (Å²) in [6.45, 7) is 6.42. The van der Waals surface area contributed by atoms with Gasteiger partial charge in [-0.05, 0) is 49.6 Å². The third-order valence-corrected chi connectivity index (χ3v) is 4.27. The van der Waals surface area contributed by atoms with Crippen LogP contribution in [-0.2, 0) is 13.6 Å². The molecule has 1 N–H and O–H groups in total. The molecule has 5 nitrogen and oxygen atoms in total. The molecule has 3 rings (SSSR count). The molecule has 0 aliphatic rings. The van der Waals surface area contributed by atoms with Crippen LogP contribution in [0.5, 0.6) is 0 Å². The molecule has 1 aromatic carbocycles. The summed E-state index contributed by atoms with van der Waals surface area (Å²) in [5, 5.41) is 7.18. The number of nitrogens with one attached hydrogen (secondary N) is 1. The van der Waals surface area contributed by atoms with E-state index in [1.54, 1.807) is 23.3 Å². The summed E-state index contributed by atoms with van der Waals surface area (Å²) in [7, 11) is 1.90. The number of rotatable bonds is 4. The van der Waals surface area contributed by atoms with E-state index in [1.807, 2.05) is 52.1 Å². The number of aromatic nitrogens is 3. The molecule has 5 heteroatoms. The van der Waals surface area contributed by atoms with E-state index in [4.69, 9.17) is 0 Å². The first-order chi connectivity index (χ1) is 12.0. The molecule has 1 amide bonds. The number of aryl methyl sites for hydroxylation is 4. The molecule has 25 heavy (non-hydrogen) atoms. The van der Waals surface area contributed by atoms with Crippen molar-refractivity contribution in [1.82, 2.24) is 20.1 Å². The first-order valence-corrected chi connectivity index (χ1v) is 8.24. The van der Waals surface area contributed by atoms with Crippen molar-refractivity contribution in [2.75, 3.05) is 0 Å². The predicted octanol–water partition coefficient (Wildman–Crippen LogP) is 3.34. The van der Waals surface area contributed by atoms with Crippen molar-refractivity contribution in [1.29, 1.82) is 0 Å². The van der Waals surface area contributed by atoms with Gasteiger partial charge in [-0.25, -0.2) is 0 Å². The minimum atomic E-state index is -0.0547. The van der Waals surface area contributed by atoms with Crippen molar-refractivity contribution >= 4 is 5.91 Å². The average Bonchev–Trinajstić information content (AvgIpc) is 2.98. The summed E-state index contributed by atoms with van der Waals surface area (Å²) in [6.07, 6.45) is 5.33. The zero-order valence-electron chi connectivity index (χ0n) is 15.0. The van der Waals surface area contributed by atoms with Crippen LogP contribution in [0.2, 0.25) is 0 Å². The van der Waals surface area contributed by atoms with Gasteiger partial charge < -0.3 is 5.32 Å². The molecule has 0 spiro atoms. The SMILES string of the molecule is Cc1cc(C)c(C(=O)NCc2cncc(-c3ccnn3C)c2)c(C)c1. The molecule has 0 unspecified atom stereocenters. The van der Waals surface area contributed by atoms with Crippen LogP contribution < -0.4 is 5.32 Å². The van der Waals surface area contributed by atoms with Crippen molar-refractivity contribution < 1.29 is 4.79 Å². The zero-order chi connectivity index (χ0) is 18.0. The maximum absolute atomic E-state index is 12.6. The monoisotopic (exact) mass is 334 g/mol. The molecule has 0 aliphatic heterocycles. The lowest BCUT2D eigenvalue weighted by molar-refractivity contribution is 0.0949. The minimum absolute atomic E-state index is 0.0547. The highest BCUT2D eigenvalue weighted by molar-refractivity contribution is 5.97. The van der Waals surface area contributed by atoms with Gasteiger partial charge in [0.1, 0.15) is 0 Å². The van der Waals surface area contributed by atoms with Crippen molar-refractivity contribution in [3.05, 3.63) is 70.7 Å². The summed E-state index contributed by atoms with van der Waals surface area (Å²) in [5.74, 6) is -0.0547. The number of carbonyl (C=O) groups excluding carboxylic acids is 1. The summed E-state index contributed by atoms with van der Waals surface area (Å²) in [6, 6.07) is 8.04. The molecule has 2 aromatic heterocycles. The van der Waals surface area contributed by atoms with Gasteiger partial charge in [0.25, 0.3) is 5.91 Å². The Morgan fingerprint density at radius 2 is 1.84 bits per heavy atom. The highest BCUT2D eigenvalue weighted by atomic mass is 16.1. The lowest BCUT2D eigenvalue weighted by Crippen LogP contribution is -2.24. The van der Waals surface area contributed by atoms with Gasteiger partial charge in [-0.2, -0.15) is 5.10 Å². The number of benzene rings is 1. The van der Waals surface area contributed by atoms with E-state index in [-0.39, 0.29) is 5.91 Å². The lowest BCUT2D eigenvalue weighted by Gasteiger charge is -2.12. The average molecular weight is 334 g/mol. The highest BCUT2D eigenvalue weighted by Gasteiger charge is 2.13. The Bertz CT molecular complexity index is 904. The molecule has 0 fully saturated rings. The van der Waals surface area contributed by atoms with Crippen molar-refractivity contribution in [3.8, 4) is 11.3 Å². The standard InChI is InChI=1S/C20H22N4O/c1-13-7-14(2)19(15(3)8-13)20(25)22-11-16-9-17(12-21-10-16)18-5-6-23-24(18)4/h5-10,12H,11H2,1-4H3,(H,22,25). The van der Waals surface area contributed by atoms with Crippen LogP contribution in [0.4, 0.5) is 0 Å². The number of hydrogen-bond donors (Lipinski definition) is 1. The fourth-order valence-corrected chi connectivity index (χ4v) is 3.19. The molecule has 0 saturated heterocycles. The second-order valence-corrected chi connectivity index (χ2v) is 6.38. The fraction of sp³-hybridized carbons (Fsp3) is 0.250. The zero-order valence-corrected chi connectivity index (χ0v) is 15.0. The van der Waals surface area contributed by atoms with E-state index in [0.29, 0.717) is 6.54 Å². The van der Waals surface area contributed by atoms with Crippen LogP contribution in [0, 0.1) is 20.8 Å². The first-order valence-electron chi connectivity index (χ1n) is 8.24. The van der Waals surface area contributed by atoms with E-state index in [1.165, 1.54) is 5.56 Å². The normalized spacial score (nSPS) is 10.7. The molecular weight excluding hydrogens is 312 g/mol. The molecule has 0 saturated carbocycles. The Morgan fingerprint density at radius 1 is 1.12 bits per heavy atom. The van der Waals surface area contributed by atoms with Crippen molar-refractivity contribution in [3.63, 3.8) is 0 Å². The highest BCUT2D eigenvalue weighted by Crippen LogP contribution is 2.19. The lowest BCUT2D eigenvalue weighted by atomic mass is 9.99. The maximum atomic E-state index is 12.6. The Balaban J connectivity index is 1.76. The Labute approximate surface area is 147 Å². The second kappa shape index (κ2) is 6.89. The number of hydrogen-bond acceptors (Lipinski definition) is 3. The van der Waals surface area contributed by atoms with Gasteiger partial charge in [-0.1, -0.05) is 17.7 Å². The van der Waals surface area contributed by atoms with Crippen LogP contribution in [0.15, 0.2) is 42.9 Å². The summed E-state index contributed by atoms with van der Waals surface area (Å²) < 4.78 is 1.80. The molecule has 2 heterocycles. The molecule has 128 valence electrons. The number of carbonyl (C=O) groups is 1. The van der Waals surface area contributed by atoms with Crippen LogP contribution >= 0.6 is 0 Å². The molecule has 0 atom stereocenters. The van der Waals surface area contributed by atoms with E-state index < -0.39 is 0 Å². The molecular formula is C20H22N4O. The molecule has 0 radical (unpaired) electrons. The van der Waals surface area contributed by atoms with E-state index >= 15 is 0 Å². The second-order valence-electron chi connectivity index (χ2n) is 6.38. The number of nitrogens with zero attached hydrogens (tertiary/aromatic N) is 3. The van der Waals surface area contributed by atoms with Gasteiger partial charge in [0.15, 0.2) is 0 Å². The molecule has 0 aliphatic carbocycles. The Hall–Kier alpha value is -2.95. The van der Waals surface area contributed by atoms with E-state index in [0.717, 1.165) is 33.5 Å². The van der Waals surface area contributed by atoms with Gasteiger partial charge in [-0.3, -0.25) is 14.5 Å². The van der Waals surface area contributed by atoms with Crippen LogP contribution in [0.1, 0.15) is 32.6 Å². The van der Waals surface area contributed by atoms with E-state index in [9.17, 15) is 4.79 Å². The quantitative estimate of drug-likeness (QED) is 0.796. The van der Waals surface area contributed by atoms with Gasteiger partial charge in [0, 0.05) is 43.3 Å². The smallest absolute Gasteiger partial charge is 0.252 e. The fourth-order valence-electron chi connectivity index (χ4n) is 3.19. The summed E-state index contributed by atoms with van der Waals surface area (Å²) in [5.41, 5.74) is 6.84. The maximum Gasteiger partial charge on any atom is 0.252 e. The van der Waals surface area contributed by atoms with Crippen LogP contribution in [-0.4, -0.2) is 20.7 Å². The van der Waals surface area contributed by atoms with Gasteiger partial charge >= 0.3 is 0 Å². The van der Waals surface area contributed by atoms with E-state index in [2.05, 4.69) is 15.4 Å². The summed E-state index contributed by atoms with van der Waals surface area (Å²) >= 11 is 0. The van der Waals surface area contributed by atoms with Gasteiger partial charge in [0.05, 0.1) is 5.69 Å². The van der Waals surface area contributed by atoms with Crippen LogP contribution in [0.25, 0.3) is 11.3 Å². The van der Waals surface area contributed by atoms with Crippen molar-refractivity contribution in [2.45, 2.75) is 27.3 Å². The molecule has 0 bridgehead atoms. The largest absolute Gasteiger partial charge is 0.348 e. The van der Waals surface area contributed by atoms with Gasteiger partial charge in [-0.15, -0.1) is 0 Å². The van der Waals surface area contributed by atoms with Gasteiger partial charge in [0.2, 0.25) is 0 Å². The number of pyridine rings is 1. The third kappa shape index (κ3) is 3.60. The Kier molecular flexibility index (Phi) is 4.65. The minimum Gasteiger partial charge on any atom is -0.348 e. The van der Waals surface area contributed by atoms with Crippen molar-refractivity contribution in [2.24, 2.45) is 7.05 Å². The topological polar surface area (TPSA) is 59.8 Å². The molecule has 3 aromatic rings. The number of amides is 1. The summed E-state index contributed by atoms with van der Waals surface area (Å²) in [4.78, 5) is 16.9. The predicted molar refractivity (Wildman–Crippen MR) is 98.3 cm³/mol.